The fourth-order valence-corrected chi connectivity index (χ4v) is 9.63. The maximum atomic E-state index is 5.54. The lowest BCUT2D eigenvalue weighted by Crippen LogP contribution is -2.02. The van der Waals surface area contributed by atoms with Crippen LogP contribution >= 0.6 is 0 Å². The van der Waals surface area contributed by atoms with E-state index in [1.165, 1.54) is 0 Å². The highest BCUT2D eigenvalue weighted by atomic mass is 15.2. The van der Waals surface area contributed by atoms with Crippen LogP contribution in [0.5, 0.6) is 0 Å². The molecule has 13 rings (SSSR count). The van der Waals surface area contributed by atoms with Crippen LogP contribution in [-0.4, -0.2) is 33.6 Å². The van der Waals surface area contributed by atoms with E-state index in [9.17, 15) is 0 Å². The summed E-state index contributed by atoms with van der Waals surface area (Å²) in [6.45, 7) is 0. The molecule has 0 aliphatic carbocycles. The molecule has 314 valence electrons. The molecule has 13 aromatic rings. The van der Waals surface area contributed by atoms with Crippen LogP contribution < -0.4 is 0 Å². The number of hydrogen-bond donors (Lipinski definition) is 0. The number of rotatable bonds is 8. The summed E-state index contributed by atoms with van der Waals surface area (Å²) in [4.78, 5) is 21.0. The summed E-state index contributed by atoms with van der Waals surface area (Å²) in [5.41, 5.74) is 14.2. The van der Waals surface area contributed by atoms with Gasteiger partial charge in [0.1, 0.15) is 11.3 Å². The molecular weight excluding hydrogens is 819 g/mol. The van der Waals surface area contributed by atoms with Crippen molar-refractivity contribution in [3.8, 4) is 73.7 Å². The molecule has 0 aliphatic heterocycles. The number of nitrogens with zero attached hydrogens (tertiary/aromatic N) is 7. The van der Waals surface area contributed by atoms with Gasteiger partial charge in [0, 0.05) is 55.5 Å². The molecule has 0 aliphatic rings. The molecule has 9 aromatic carbocycles. The Balaban J connectivity index is 1.13. The van der Waals surface area contributed by atoms with Gasteiger partial charge in [-0.2, -0.15) is 0 Å². The van der Waals surface area contributed by atoms with E-state index in [2.05, 4.69) is 190 Å². The van der Waals surface area contributed by atoms with Crippen molar-refractivity contribution in [1.82, 2.24) is 33.6 Å². The first-order valence-corrected chi connectivity index (χ1v) is 22.5. The number of fused-ring (bicyclic) bond motifs is 6. The lowest BCUT2D eigenvalue weighted by Gasteiger charge is -2.15. The van der Waals surface area contributed by atoms with E-state index in [1.54, 1.807) is 0 Å². The van der Waals surface area contributed by atoms with Crippen LogP contribution in [0.15, 0.2) is 237 Å². The molecule has 0 saturated carbocycles. The van der Waals surface area contributed by atoms with E-state index in [0.29, 0.717) is 17.5 Å². The van der Waals surface area contributed by atoms with Gasteiger partial charge >= 0.3 is 0 Å². The second-order valence-electron chi connectivity index (χ2n) is 16.7. The highest BCUT2D eigenvalue weighted by Crippen LogP contribution is 2.43. The maximum Gasteiger partial charge on any atom is 0.165 e. The van der Waals surface area contributed by atoms with Crippen molar-refractivity contribution in [2.75, 3.05) is 0 Å². The average Bonchev–Trinajstić information content (AvgIpc) is 4.06. The lowest BCUT2D eigenvalue weighted by atomic mass is 10.0. The third kappa shape index (κ3) is 6.52. The van der Waals surface area contributed by atoms with E-state index >= 15 is 0 Å². The van der Waals surface area contributed by atoms with Gasteiger partial charge in [-0.1, -0.05) is 176 Å². The lowest BCUT2D eigenvalue weighted by molar-refractivity contribution is 1.07. The molecule has 0 radical (unpaired) electrons. The first-order valence-electron chi connectivity index (χ1n) is 22.5. The fourth-order valence-electron chi connectivity index (χ4n) is 9.63. The van der Waals surface area contributed by atoms with Crippen LogP contribution in [0, 0.1) is 0 Å². The summed E-state index contributed by atoms with van der Waals surface area (Å²) in [6.07, 6.45) is 0. The van der Waals surface area contributed by atoms with Gasteiger partial charge < -0.3 is 4.57 Å². The monoisotopic (exact) mass is 857 g/mol. The van der Waals surface area contributed by atoms with Gasteiger partial charge in [-0.15, -0.1) is 0 Å². The van der Waals surface area contributed by atoms with Gasteiger partial charge in [-0.05, 0) is 71.8 Å². The van der Waals surface area contributed by atoms with Gasteiger partial charge in [0.15, 0.2) is 23.1 Å². The van der Waals surface area contributed by atoms with Gasteiger partial charge in [0.05, 0.1) is 16.6 Å². The molecule has 0 unspecified atom stereocenters. The Morgan fingerprint density at radius 2 is 0.701 bits per heavy atom. The van der Waals surface area contributed by atoms with E-state index in [4.69, 9.17) is 19.9 Å². The quantitative estimate of drug-likeness (QED) is 0.153. The Morgan fingerprint density at radius 3 is 1.30 bits per heavy atom. The SMILES string of the molecule is c1ccc(-c2cc(-c3nc(-c4ccccc4)nc(-c4ccccc4)n3)cc(-n3c4ccccc4c4cc5c(cc43)c3c(nc(-c4ccccc4)n3-c3ccccc3)n5-c3ccccc3)c2)cc1. The Kier molecular flexibility index (Phi) is 9.03. The standard InChI is InChI=1S/C60H39N7/c1-7-21-40(22-8-1)44-35-45(58-62-56(41-23-9-2-10-24-41)61-57(63-58)42-25-11-3-12-26-42)37-48(36-44)65-52-34-20-19-33-49(52)50-38-54-51(39-53(50)65)55-60(66(54)46-29-15-5-16-30-46)64-59(43-27-13-4-14-28-43)67(55)47-31-17-6-18-32-47/h1-39H. The summed E-state index contributed by atoms with van der Waals surface area (Å²) in [5, 5.41) is 3.38. The molecule has 0 fully saturated rings. The molecule has 4 aromatic heterocycles. The predicted octanol–water partition coefficient (Wildman–Crippen LogP) is 14.6. The molecule has 0 saturated heterocycles. The van der Waals surface area contributed by atoms with E-state index in [-0.39, 0.29) is 0 Å². The molecule has 0 atom stereocenters. The molecule has 0 spiro atoms. The first kappa shape index (κ1) is 38.3. The summed E-state index contributed by atoms with van der Waals surface area (Å²) in [6, 6.07) is 82.7. The molecular formula is C60H39N7. The van der Waals surface area contributed by atoms with Crippen LogP contribution in [0.25, 0.3) is 118 Å². The fraction of sp³-hybridized carbons (Fsp3) is 0. The van der Waals surface area contributed by atoms with Gasteiger partial charge in [0.25, 0.3) is 0 Å². The summed E-state index contributed by atoms with van der Waals surface area (Å²) < 4.78 is 7.06. The first-order chi connectivity index (χ1) is 33.2. The molecule has 7 heteroatoms. The van der Waals surface area contributed by atoms with Gasteiger partial charge in [0.2, 0.25) is 0 Å². The van der Waals surface area contributed by atoms with Crippen molar-refractivity contribution >= 4 is 43.9 Å². The topological polar surface area (TPSA) is 66.3 Å². The highest BCUT2D eigenvalue weighted by molar-refractivity contribution is 6.18. The molecule has 4 heterocycles. The zero-order valence-corrected chi connectivity index (χ0v) is 36.1. The number of aromatic nitrogens is 7. The van der Waals surface area contributed by atoms with Crippen molar-refractivity contribution in [2.45, 2.75) is 0 Å². The number of benzene rings is 9. The summed E-state index contributed by atoms with van der Waals surface area (Å²) >= 11 is 0. The normalized spacial score (nSPS) is 11.6. The third-order valence-corrected chi connectivity index (χ3v) is 12.7. The van der Waals surface area contributed by atoms with E-state index in [0.717, 1.165) is 100 Å². The Labute approximate surface area is 386 Å². The molecule has 0 bridgehead atoms. The Morgan fingerprint density at radius 1 is 0.254 bits per heavy atom. The Hall–Kier alpha value is -9.20. The van der Waals surface area contributed by atoms with Crippen molar-refractivity contribution in [3.05, 3.63) is 237 Å². The van der Waals surface area contributed by atoms with Crippen molar-refractivity contribution in [2.24, 2.45) is 0 Å². The van der Waals surface area contributed by atoms with Crippen LogP contribution in [0.3, 0.4) is 0 Å². The molecule has 67 heavy (non-hydrogen) atoms. The van der Waals surface area contributed by atoms with Crippen LogP contribution in [0.1, 0.15) is 0 Å². The average molecular weight is 858 g/mol. The van der Waals surface area contributed by atoms with Crippen LogP contribution in [-0.2, 0) is 0 Å². The van der Waals surface area contributed by atoms with E-state index < -0.39 is 0 Å². The zero-order valence-electron chi connectivity index (χ0n) is 36.1. The van der Waals surface area contributed by atoms with Gasteiger partial charge in [-0.3, -0.25) is 9.13 Å². The smallest absolute Gasteiger partial charge is 0.165 e. The molecule has 0 amide bonds. The zero-order chi connectivity index (χ0) is 44.3. The highest BCUT2D eigenvalue weighted by Gasteiger charge is 2.26. The molecule has 7 nitrogen and oxygen atoms in total. The minimum Gasteiger partial charge on any atom is -0.309 e. The molecule has 0 N–H and O–H groups in total. The van der Waals surface area contributed by atoms with Crippen molar-refractivity contribution in [3.63, 3.8) is 0 Å². The predicted molar refractivity (Wildman–Crippen MR) is 273 cm³/mol. The maximum absolute atomic E-state index is 5.54. The number of hydrogen-bond acceptors (Lipinski definition) is 4. The third-order valence-electron chi connectivity index (χ3n) is 12.7. The Bertz CT molecular complexity index is 3880. The van der Waals surface area contributed by atoms with Gasteiger partial charge in [-0.25, -0.2) is 19.9 Å². The van der Waals surface area contributed by atoms with E-state index in [1.807, 2.05) is 60.7 Å². The van der Waals surface area contributed by atoms with Crippen molar-refractivity contribution < 1.29 is 0 Å². The van der Waals surface area contributed by atoms with Crippen LogP contribution in [0.2, 0.25) is 0 Å². The second-order valence-corrected chi connectivity index (χ2v) is 16.7. The summed E-state index contributed by atoms with van der Waals surface area (Å²) in [5.74, 6) is 2.71. The number of imidazole rings is 1. The minimum atomic E-state index is 0.594. The minimum absolute atomic E-state index is 0.594. The summed E-state index contributed by atoms with van der Waals surface area (Å²) in [7, 11) is 0. The van der Waals surface area contributed by atoms with Crippen molar-refractivity contribution in [1.29, 1.82) is 0 Å². The number of para-hydroxylation sites is 3. The second kappa shape index (κ2) is 15.8. The largest absolute Gasteiger partial charge is 0.309 e. The van der Waals surface area contributed by atoms with Crippen LogP contribution in [0.4, 0.5) is 0 Å².